The van der Waals surface area contributed by atoms with Crippen molar-refractivity contribution in [1.82, 2.24) is 15.0 Å². The van der Waals surface area contributed by atoms with Crippen LogP contribution in [0.15, 0.2) is 42.5 Å². The number of carbonyl (C=O) groups is 1. The van der Waals surface area contributed by atoms with E-state index >= 15 is 0 Å². The molecule has 5 rings (SSSR count). The van der Waals surface area contributed by atoms with Crippen molar-refractivity contribution in [2.75, 3.05) is 46.6 Å². The summed E-state index contributed by atoms with van der Waals surface area (Å²) in [5.41, 5.74) is 20.9. The number of rotatable bonds is 6. The average molecular weight is 549 g/mol. The van der Waals surface area contributed by atoms with Crippen molar-refractivity contribution in [3.63, 3.8) is 0 Å². The molecule has 2 saturated heterocycles. The van der Waals surface area contributed by atoms with Crippen LogP contribution in [0.3, 0.4) is 0 Å². The Morgan fingerprint density at radius 3 is 2.08 bits per heavy atom. The Kier molecular flexibility index (Phi) is 7.98. The van der Waals surface area contributed by atoms with Crippen LogP contribution in [0.2, 0.25) is 0 Å². The number of aryl methyl sites for hydroxylation is 1. The van der Waals surface area contributed by atoms with Crippen molar-refractivity contribution in [2.24, 2.45) is 17.2 Å². The van der Waals surface area contributed by atoms with E-state index in [0.29, 0.717) is 62.2 Å². The van der Waals surface area contributed by atoms with Crippen LogP contribution >= 0.6 is 0 Å². The fraction of sp³-hybridized carbons (Fsp3) is 0.407. The largest absolute Gasteiger partial charge is 0.506 e. The number of aliphatic hydroxyl groups excluding tert-OH is 1. The van der Waals surface area contributed by atoms with Crippen LogP contribution in [-0.4, -0.2) is 81.5 Å². The quantitative estimate of drug-likeness (QED) is 0.212. The number of β-amino-alcohol motifs (C(OH)–C–C–N with tert-alkyl or cyclic N) is 1. The van der Waals surface area contributed by atoms with Gasteiger partial charge in [0.05, 0.1) is 11.8 Å². The van der Waals surface area contributed by atoms with Crippen LogP contribution in [0, 0.1) is 6.92 Å². The second-order valence-corrected chi connectivity index (χ2v) is 10.7. The number of aromatic nitrogens is 3. The van der Waals surface area contributed by atoms with Crippen molar-refractivity contribution in [1.29, 1.82) is 0 Å². The first-order valence-electron chi connectivity index (χ1n) is 13.3. The van der Waals surface area contributed by atoms with Crippen LogP contribution in [0.4, 0.5) is 29.2 Å². The molecule has 0 bridgehead atoms. The summed E-state index contributed by atoms with van der Waals surface area (Å²) in [7, 11) is 0. The van der Waals surface area contributed by atoms with Gasteiger partial charge in [-0.3, -0.25) is 4.79 Å². The van der Waals surface area contributed by atoms with Crippen LogP contribution in [-0.2, 0) is 0 Å². The van der Waals surface area contributed by atoms with Crippen LogP contribution in [0.25, 0.3) is 0 Å². The Morgan fingerprint density at radius 1 is 0.875 bits per heavy atom. The second kappa shape index (κ2) is 11.6. The summed E-state index contributed by atoms with van der Waals surface area (Å²) in [5, 5.41) is 26.8. The van der Waals surface area contributed by atoms with Gasteiger partial charge >= 0.3 is 0 Å². The molecule has 212 valence electrons. The molecule has 0 unspecified atom stereocenters. The maximum absolute atomic E-state index is 12.6. The first kappa shape index (κ1) is 27.5. The molecular formula is C27H36N10O3. The molecular weight excluding hydrogens is 512 g/mol. The van der Waals surface area contributed by atoms with E-state index in [4.69, 9.17) is 17.2 Å². The molecule has 3 heterocycles. The molecule has 40 heavy (non-hydrogen) atoms. The number of nitrogens with one attached hydrogen (secondary N) is 2. The number of benzene rings is 2. The minimum absolute atomic E-state index is 0.120. The fourth-order valence-corrected chi connectivity index (χ4v) is 5.05. The highest BCUT2D eigenvalue weighted by Gasteiger charge is 2.29. The third kappa shape index (κ3) is 6.57. The number of carbonyl (C=O) groups excluding carboxylic acids is 1. The number of hydrogen-bond donors (Lipinski definition) is 7. The molecule has 13 heteroatoms. The van der Waals surface area contributed by atoms with E-state index in [-0.39, 0.29) is 41.4 Å². The van der Waals surface area contributed by atoms with Crippen LogP contribution < -0.4 is 37.6 Å². The van der Waals surface area contributed by atoms with Gasteiger partial charge in [-0.05, 0) is 44.0 Å². The van der Waals surface area contributed by atoms with Crippen molar-refractivity contribution in [3.8, 4) is 5.75 Å². The molecule has 2 aliphatic rings. The van der Waals surface area contributed by atoms with Crippen LogP contribution in [0.1, 0.15) is 28.8 Å². The molecule has 2 fully saturated rings. The average Bonchev–Trinajstić information content (AvgIpc) is 2.89. The Bertz CT molecular complexity index is 1290. The zero-order valence-electron chi connectivity index (χ0n) is 22.4. The molecule has 10 N–H and O–H groups in total. The molecule has 3 aromatic rings. The van der Waals surface area contributed by atoms with Gasteiger partial charge in [0.2, 0.25) is 17.8 Å². The van der Waals surface area contributed by atoms with Gasteiger partial charge in [0.25, 0.3) is 5.91 Å². The summed E-state index contributed by atoms with van der Waals surface area (Å²) in [4.78, 5) is 30.2. The van der Waals surface area contributed by atoms with E-state index in [0.717, 1.165) is 5.56 Å². The van der Waals surface area contributed by atoms with Gasteiger partial charge in [0, 0.05) is 61.6 Å². The van der Waals surface area contributed by atoms with E-state index in [2.05, 4.69) is 25.6 Å². The lowest BCUT2D eigenvalue weighted by atomic mass is 10.0. The molecule has 0 saturated carbocycles. The van der Waals surface area contributed by atoms with Crippen molar-refractivity contribution < 1.29 is 15.0 Å². The molecule has 2 aromatic carbocycles. The number of nitrogens with two attached hydrogens (primary N) is 3. The number of amides is 1. The van der Waals surface area contributed by atoms with Crippen molar-refractivity contribution in [3.05, 3.63) is 53.6 Å². The van der Waals surface area contributed by atoms with Gasteiger partial charge < -0.3 is 47.8 Å². The summed E-state index contributed by atoms with van der Waals surface area (Å²) < 4.78 is 0. The Morgan fingerprint density at radius 2 is 1.48 bits per heavy atom. The van der Waals surface area contributed by atoms with E-state index < -0.39 is 6.10 Å². The highest BCUT2D eigenvalue weighted by molar-refractivity contribution is 6.05. The van der Waals surface area contributed by atoms with Crippen molar-refractivity contribution in [2.45, 2.75) is 44.0 Å². The third-order valence-corrected chi connectivity index (χ3v) is 6.97. The minimum Gasteiger partial charge on any atom is -0.506 e. The lowest BCUT2D eigenvalue weighted by Crippen LogP contribution is -2.53. The highest BCUT2D eigenvalue weighted by Crippen LogP contribution is 2.30. The first-order chi connectivity index (χ1) is 19.1. The first-order valence-corrected chi connectivity index (χ1v) is 13.3. The number of nitrogens with zero attached hydrogens (tertiary/aromatic N) is 5. The molecule has 2 aliphatic heterocycles. The summed E-state index contributed by atoms with van der Waals surface area (Å²) in [6.07, 6.45) is 0.608. The van der Waals surface area contributed by atoms with Gasteiger partial charge in [-0.2, -0.15) is 15.0 Å². The van der Waals surface area contributed by atoms with E-state index in [1.54, 1.807) is 24.3 Å². The van der Waals surface area contributed by atoms with E-state index in [9.17, 15) is 15.0 Å². The predicted octanol–water partition coefficient (Wildman–Crippen LogP) is 0.645. The van der Waals surface area contributed by atoms with Gasteiger partial charge in [0.15, 0.2) is 0 Å². The monoisotopic (exact) mass is 548 g/mol. The number of aliphatic hydroxyl groups is 1. The van der Waals surface area contributed by atoms with Crippen LogP contribution in [0.5, 0.6) is 5.75 Å². The molecule has 1 aromatic heterocycles. The number of phenols is 1. The van der Waals surface area contributed by atoms with Gasteiger partial charge in [0.1, 0.15) is 5.75 Å². The number of anilines is 5. The topological polar surface area (TPSA) is 205 Å². The molecule has 13 nitrogen and oxygen atoms in total. The zero-order chi connectivity index (χ0) is 28.4. The Hall–Kier alpha value is -4.04. The highest BCUT2D eigenvalue weighted by atomic mass is 16.3. The second-order valence-electron chi connectivity index (χ2n) is 10.7. The van der Waals surface area contributed by atoms with Gasteiger partial charge in [-0.1, -0.05) is 17.7 Å². The summed E-state index contributed by atoms with van der Waals surface area (Å²) >= 11 is 0. The SMILES string of the molecule is Cc1ccc(C(=O)Nc2ccc(Nc3nc(N4C[C@H](N)C[C@H](N)C4)nc(N4C[C@@H](N)C[C@@H](O)C4)n3)cc2O)cc1. The molecule has 0 aliphatic carbocycles. The third-order valence-electron chi connectivity index (χ3n) is 6.97. The number of aromatic hydroxyl groups is 1. The Labute approximate surface area is 232 Å². The lowest BCUT2D eigenvalue weighted by molar-refractivity contribution is 0.102. The fourth-order valence-electron chi connectivity index (χ4n) is 5.05. The summed E-state index contributed by atoms with van der Waals surface area (Å²) in [6.45, 7) is 3.84. The van der Waals surface area contributed by atoms with Crippen molar-refractivity contribution >= 4 is 35.1 Å². The smallest absolute Gasteiger partial charge is 0.255 e. The summed E-state index contributed by atoms with van der Waals surface area (Å²) in [5.74, 6) is 0.538. The van der Waals surface area contributed by atoms with Gasteiger partial charge in [-0.25, -0.2) is 0 Å². The number of piperidine rings is 2. The normalized spacial score (nSPS) is 23.1. The predicted molar refractivity (Wildman–Crippen MR) is 154 cm³/mol. The molecule has 0 spiro atoms. The standard InChI is InChI=1S/C27H36N10O3/c1-15-2-4-16(5-3-15)24(40)32-22-7-6-20(10-23(22)39)31-25-33-26(36-11-17(28)8-18(29)12-36)35-27(34-25)37-13-19(30)9-21(38)14-37/h2-7,10,17-19,21,38-39H,8-9,11-14,28-30H2,1H3,(H,32,40)(H,31,33,34,35)/t17-,18+,19-,21+/m0/s1. The molecule has 1 amide bonds. The lowest BCUT2D eigenvalue weighted by Gasteiger charge is -2.36. The van der Waals surface area contributed by atoms with E-state index in [1.807, 2.05) is 28.9 Å². The van der Waals surface area contributed by atoms with E-state index in [1.165, 1.54) is 6.07 Å². The summed E-state index contributed by atoms with van der Waals surface area (Å²) in [6, 6.07) is 11.4. The maximum Gasteiger partial charge on any atom is 0.255 e. The van der Waals surface area contributed by atoms with Gasteiger partial charge in [-0.15, -0.1) is 0 Å². The molecule has 0 radical (unpaired) electrons. The Balaban J connectivity index is 1.39. The minimum atomic E-state index is -0.600. The number of hydrogen-bond acceptors (Lipinski definition) is 12. The maximum atomic E-state index is 12.6. The molecule has 4 atom stereocenters. The zero-order valence-corrected chi connectivity index (χ0v) is 22.4. The number of phenolic OH excluding ortho intramolecular Hbond substituents is 1.